The van der Waals surface area contributed by atoms with Gasteiger partial charge in [0, 0.05) is 13.3 Å². The first-order chi connectivity index (χ1) is 10.0. The number of fused-ring (bicyclic) bond motifs is 1. The highest BCUT2D eigenvalue weighted by atomic mass is 16.6. The Hall–Kier alpha value is -2.74. The molecule has 8 heteroatoms. The molecule has 1 aromatic carbocycles. The van der Waals surface area contributed by atoms with E-state index in [-0.39, 0.29) is 17.9 Å². The molecule has 1 heterocycles. The van der Waals surface area contributed by atoms with E-state index in [0.29, 0.717) is 10.9 Å². The second-order valence-electron chi connectivity index (χ2n) is 4.23. The average Bonchev–Trinajstić information content (AvgIpc) is 2.46. The Balaban J connectivity index is 2.37. The van der Waals surface area contributed by atoms with Crippen LogP contribution >= 0.6 is 0 Å². The highest BCUT2D eigenvalue weighted by Crippen LogP contribution is 2.32. The molecule has 2 aromatic rings. The second-order valence-corrected chi connectivity index (χ2v) is 4.23. The Bertz CT molecular complexity index is 689. The number of nitrogens with zero attached hydrogens (tertiary/aromatic N) is 2. The number of hydrogen-bond donors (Lipinski definition) is 2. The topological polar surface area (TPSA) is 115 Å². The first kappa shape index (κ1) is 14.7. The van der Waals surface area contributed by atoms with E-state index in [2.05, 4.69) is 10.3 Å². The van der Waals surface area contributed by atoms with E-state index in [1.807, 2.05) is 0 Å². The van der Waals surface area contributed by atoms with Crippen LogP contribution in [0.5, 0.6) is 0 Å². The van der Waals surface area contributed by atoms with Crippen LogP contribution in [0.4, 0.5) is 11.4 Å². The number of nitro groups is 1. The number of rotatable bonds is 6. The minimum absolute atomic E-state index is 0.0849. The van der Waals surface area contributed by atoms with Gasteiger partial charge in [-0.1, -0.05) is 0 Å². The fraction of sp³-hybridized carbons (Fsp3) is 0.231. The monoisotopic (exact) mass is 291 g/mol. The van der Waals surface area contributed by atoms with Crippen molar-refractivity contribution in [3.8, 4) is 0 Å². The lowest BCUT2D eigenvalue weighted by Crippen LogP contribution is -2.30. The van der Waals surface area contributed by atoms with Gasteiger partial charge in [0.25, 0.3) is 0 Å². The van der Waals surface area contributed by atoms with Crippen LogP contribution in [0.3, 0.4) is 0 Å². The van der Waals surface area contributed by atoms with Crippen LogP contribution < -0.4 is 5.32 Å². The van der Waals surface area contributed by atoms with Crippen molar-refractivity contribution in [2.75, 3.05) is 19.0 Å². The summed E-state index contributed by atoms with van der Waals surface area (Å²) in [5.41, 5.74) is 0.584. The molecule has 0 aliphatic heterocycles. The van der Waals surface area contributed by atoms with Gasteiger partial charge < -0.3 is 15.2 Å². The van der Waals surface area contributed by atoms with Crippen molar-refractivity contribution in [3.63, 3.8) is 0 Å². The number of anilines is 1. The predicted molar refractivity (Wildman–Crippen MR) is 75.3 cm³/mol. The summed E-state index contributed by atoms with van der Waals surface area (Å²) in [7, 11) is 1.26. The Morgan fingerprint density at radius 2 is 2.29 bits per heavy atom. The molecule has 0 saturated carbocycles. The smallest absolute Gasteiger partial charge is 0.334 e. The third-order valence-corrected chi connectivity index (χ3v) is 2.98. The lowest BCUT2D eigenvalue weighted by molar-refractivity contribution is -0.382. The maximum Gasteiger partial charge on any atom is 0.334 e. The number of carbonyl (C=O) groups is 1. The number of nitro benzene ring substituents is 1. The van der Waals surface area contributed by atoms with Crippen molar-refractivity contribution in [3.05, 3.63) is 40.6 Å². The summed E-state index contributed by atoms with van der Waals surface area (Å²) in [4.78, 5) is 25.7. The molecule has 2 N–H and O–H groups in total. The van der Waals surface area contributed by atoms with Gasteiger partial charge in [-0.15, -0.1) is 0 Å². The van der Waals surface area contributed by atoms with Crippen LogP contribution in [0.25, 0.3) is 10.9 Å². The lowest BCUT2D eigenvalue weighted by atomic mass is 10.1. The van der Waals surface area contributed by atoms with Gasteiger partial charge in [-0.2, -0.15) is 0 Å². The Labute approximate surface area is 119 Å². The standard InChI is InChI=1S/C13H13N3O5/c1-21-11(13(17)18)7-15-10-5-4-9-8(3-2-6-14-9)12(10)16(19)20/h2-6,11,15H,7H2,1H3,(H,17,18). The van der Waals surface area contributed by atoms with Crippen molar-refractivity contribution in [1.82, 2.24) is 4.98 Å². The van der Waals surface area contributed by atoms with E-state index >= 15 is 0 Å². The van der Waals surface area contributed by atoms with Crippen molar-refractivity contribution < 1.29 is 19.6 Å². The maximum absolute atomic E-state index is 11.3. The van der Waals surface area contributed by atoms with Crippen LogP contribution in [0, 0.1) is 10.1 Å². The summed E-state index contributed by atoms with van der Waals surface area (Å²) in [6, 6.07) is 6.33. The van der Waals surface area contributed by atoms with Crippen LogP contribution in [-0.4, -0.2) is 40.7 Å². The van der Waals surface area contributed by atoms with Crippen LogP contribution in [-0.2, 0) is 9.53 Å². The van der Waals surface area contributed by atoms with E-state index in [4.69, 9.17) is 9.84 Å². The molecule has 0 spiro atoms. The van der Waals surface area contributed by atoms with E-state index in [9.17, 15) is 14.9 Å². The molecule has 2 rings (SSSR count). The van der Waals surface area contributed by atoms with Crippen molar-refractivity contribution in [2.24, 2.45) is 0 Å². The summed E-state index contributed by atoms with van der Waals surface area (Å²) in [5.74, 6) is -1.14. The van der Waals surface area contributed by atoms with E-state index in [1.165, 1.54) is 13.2 Å². The lowest BCUT2D eigenvalue weighted by Gasteiger charge is -2.13. The highest BCUT2D eigenvalue weighted by molar-refractivity contribution is 5.94. The average molecular weight is 291 g/mol. The van der Waals surface area contributed by atoms with E-state index < -0.39 is 17.0 Å². The fourth-order valence-corrected chi connectivity index (χ4v) is 1.95. The van der Waals surface area contributed by atoms with Crippen LogP contribution in [0.2, 0.25) is 0 Å². The van der Waals surface area contributed by atoms with Gasteiger partial charge in [0.05, 0.1) is 22.4 Å². The van der Waals surface area contributed by atoms with Gasteiger partial charge in [-0.3, -0.25) is 15.1 Å². The number of hydrogen-bond acceptors (Lipinski definition) is 6. The van der Waals surface area contributed by atoms with Crippen LogP contribution in [0.15, 0.2) is 30.5 Å². The third kappa shape index (κ3) is 3.06. The molecule has 1 atom stereocenters. The zero-order valence-electron chi connectivity index (χ0n) is 11.1. The molecular weight excluding hydrogens is 278 g/mol. The minimum Gasteiger partial charge on any atom is -0.479 e. The predicted octanol–water partition coefficient (Wildman–Crippen LogP) is 1.65. The van der Waals surface area contributed by atoms with Gasteiger partial charge in [-0.05, 0) is 24.3 Å². The number of aliphatic carboxylic acids is 1. The van der Waals surface area contributed by atoms with Crippen LogP contribution in [0.1, 0.15) is 0 Å². The molecule has 0 amide bonds. The highest BCUT2D eigenvalue weighted by Gasteiger charge is 2.21. The van der Waals surface area contributed by atoms with Gasteiger partial charge in [0.15, 0.2) is 6.10 Å². The largest absolute Gasteiger partial charge is 0.479 e. The molecule has 0 bridgehead atoms. The Kier molecular flexibility index (Phi) is 4.29. The first-order valence-corrected chi connectivity index (χ1v) is 6.06. The van der Waals surface area contributed by atoms with Crippen molar-refractivity contribution in [2.45, 2.75) is 6.10 Å². The molecule has 1 aromatic heterocycles. The van der Waals surface area contributed by atoms with Crippen molar-refractivity contribution >= 4 is 28.2 Å². The quantitative estimate of drug-likeness (QED) is 0.614. The summed E-state index contributed by atoms with van der Waals surface area (Å²) in [5, 5.41) is 23.3. The summed E-state index contributed by atoms with van der Waals surface area (Å²) in [6.07, 6.45) is 0.457. The van der Waals surface area contributed by atoms with Gasteiger partial charge in [0.2, 0.25) is 0 Å². The normalized spacial score (nSPS) is 12.0. The number of pyridine rings is 1. The SMILES string of the molecule is COC(CNc1ccc2ncccc2c1[N+](=O)[O-])C(=O)O. The zero-order valence-corrected chi connectivity index (χ0v) is 11.1. The molecule has 0 aliphatic rings. The first-order valence-electron chi connectivity index (χ1n) is 6.06. The number of methoxy groups -OCH3 is 1. The van der Waals surface area contributed by atoms with Gasteiger partial charge in [-0.25, -0.2) is 4.79 Å². The molecule has 0 fully saturated rings. The number of nitrogens with one attached hydrogen (secondary N) is 1. The minimum atomic E-state index is -1.14. The summed E-state index contributed by atoms with van der Waals surface area (Å²) >= 11 is 0. The van der Waals surface area contributed by atoms with E-state index in [1.54, 1.807) is 24.4 Å². The fourth-order valence-electron chi connectivity index (χ4n) is 1.95. The van der Waals surface area contributed by atoms with Gasteiger partial charge in [0.1, 0.15) is 5.69 Å². The second kappa shape index (κ2) is 6.14. The Morgan fingerprint density at radius 3 is 2.90 bits per heavy atom. The molecule has 0 saturated heterocycles. The van der Waals surface area contributed by atoms with E-state index in [0.717, 1.165) is 0 Å². The Morgan fingerprint density at radius 1 is 1.52 bits per heavy atom. The zero-order chi connectivity index (χ0) is 15.4. The molecule has 21 heavy (non-hydrogen) atoms. The number of benzene rings is 1. The molecule has 8 nitrogen and oxygen atoms in total. The summed E-state index contributed by atoms with van der Waals surface area (Å²) in [6.45, 7) is -0.0849. The number of aromatic nitrogens is 1. The molecule has 1 unspecified atom stereocenters. The molecular formula is C13H13N3O5. The van der Waals surface area contributed by atoms with Gasteiger partial charge >= 0.3 is 11.7 Å². The molecule has 0 aliphatic carbocycles. The maximum atomic E-state index is 11.3. The molecule has 110 valence electrons. The molecule has 0 radical (unpaired) electrons. The summed E-state index contributed by atoms with van der Waals surface area (Å²) < 4.78 is 4.78. The number of carboxylic acids is 1. The number of carboxylic acid groups (broad SMARTS) is 1. The number of ether oxygens (including phenoxy) is 1. The third-order valence-electron chi connectivity index (χ3n) is 2.98. The van der Waals surface area contributed by atoms with Crippen molar-refractivity contribution in [1.29, 1.82) is 0 Å².